The van der Waals surface area contributed by atoms with Gasteiger partial charge in [0.2, 0.25) is 0 Å². The average Bonchev–Trinajstić information content (AvgIpc) is 3.49. The van der Waals surface area contributed by atoms with Gasteiger partial charge in [0.25, 0.3) is 5.91 Å². The smallest absolute Gasteiger partial charge is 0.290 e. The summed E-state index contributed by atoms with van der Waals surface area (Å²) in [6, 6.07) is 9.26. The predicted octanol–water partition coefficient (Wildman–Crippen LogP) is 3.52. The summed E-state index contributed by atoms with van der Waals surface area (Å²) in [5, 5.41) is 0. The minimum Gasteiger partial charge on any atom is -0.497 e. The fraction of sp³-hybridized carbons (Fsp3) is 0.333. The normalized spacial score (nSPS) is 16.4. The first-order valence-corrected chi connectivity index (χ1v) is 9.27. The van der Waals surface area contributed by atoms with E-state index in [1.165, 1.54) is 0 Å². The zero-order chi connectivity index (χ0) is 19.5. The van der Waals surface area contributed by atoms with Gasteiger partial charge in [0.05, 0.1) is 33.1 Å². The minimum atomic E-state index is -0.0998. The molecule has 1 amide bonds. The number of likely N-dealkylation sites (tertiary alicyclic amines) is 1. The van der Waals surface area contributed by atoms with Gasteiger partial charge in [-0.1, -0.05) is 0 Å². The van der Waals surface area contributed by atoms with Crippen LogP contribution in [0.4, 0.5) is 0 Å². The minimum absolute atomic E-state index is 0.0458. The average molecular weight is 381 g/mol. The van der Waals surface area contributed by atoms with E-state index >= 15 is 0 Å². The molecule has 1 saturated heterocycles. The van der Waals surface area contributed by atoms with Crippen LogP contribution in [0.5, 0.6) is 11.5 Å². The molecule has 7 nitrogen and oxygen atoms in total. The van der Waals surface area contributed by atoms with E-state index in [0.29, 0.717) is 18.8 Å². The van der Waals surface area contributed by atoms with E-state index in [0.717, 1.165) is 35.7 Å². The molecule has 1 aromatic carbocycles. The number of carbonyl (C=O) groups excluding carboxylic acids is 1. The highest BCUT2D eigenvalue weighted by Gasteiger charge is 2.33. The van der Waals surface area contributed by atoms with Crippen LogP contribution in [-0.4, -0.2) is 41.1 Å². The highest BCUT2D eigenvalue weighted by Crippen LogP contribution is 2.39. The Morgan fingerprint density at radius 1 is 1.25 bits per heavy atom. The molecular formula is C21H23N3O4. The Morgan fingerprint density at radius 3 is 2.89 bits per heavy atom. The third-order valence-corrected chi connectivity index (χ3v) is 5.08. The molecular weight excluding hydrogens is 358 g/mol. The van der Waals surface area contributed by atoms with Crippen molar-refractivity contribution in [3.05, 3.63) is 66.1 Å². The van der Waals surface area contributed by atoms with Crippen LogP contribution in [0.15, 0.2) is 53.5 Å². The van der Waals surface area contributed by atoms with E-state index in [2.05, 4.69) is 4.98 Å². The number of hydrogen-bond donors (Lipinski definition) is 0. The standard InChI is InChI=1S/C21H23N3O4/c1-26-15-5-7-17(20(12-15)27-2)18-4-3-10-24(18)21(25)19-8-6-16(28-19)13-23-11-9-22-14-23/h5-9,11-12,14,18H,3-4,10,13H2,1-2H3/t18-/m1/s1. The van der Waals surface area contributed by atoms with Gasteiger partial charge >= 0.3 is 0 Å². The number of rotatable bonds is 6. The van der Waals surface area contributed by atoms with Crippen LogP contribution in [-0.2, 0) is 6.54 Å². The van der Waals surface area contributed by atoms with Gasteiger partial charge < -0.3 is 23.4 Å². The lowest BCUT2D eigenvalue weighted by molar-refractivity contribution is 0.0699. The van der Waals surface area contributed by atoms with Crippen LogP contribution in [0.25, 0.3) is 0 Å². The van der Waals surface area contributed by atoms with Crippen molar-refractivity contribution in [2.75, 3.05) is 20.8 Å². The van der Waals surface area contributed by atoms with E-state index in [1.807, 2.05) is 39.9 Å². The second kappa shape index (κ2) is 7.80. The zero-order valence-electron chi connectivity index (χ0n) is 16.0. The lowest BCUT2D eigenvalue weighted by Crippen LogP contribution is -2.30. The van der Waals surface area contributed by atoms with E-state index in [-0.39, 0.29) is 11.9 Å². The van der Waals surface area contributed by atoms with Crippen LogP contribution in [0.1, 0.15) is 40.8 Å². The third-order valence-electron chi connectivity index (χ3n) is 5.08. The summed E-state index contributed by atoms with van der Waals surface area (Å²) in [4.78, 5) is 19.0. The lowest BCUT2D eigenvalue weighted by atomic mass is 10.0. The number of aromatic nitrogens is 2. The molecule has 1 aliphatic rings. The number of benzene rings is 1. The van der Waals surface area contributed by atoms with Gasteiger partial charge in [-0.15, -0.1) is 0 Å². The maximum absolute atomic E-state index is 13.1. The second-order valence-electron chi connectivity index (χ2n) is 6.77. The number of furan rings is 1. The number of methoxy groups -OCH3 is 2. The number of imidazole rings is 1. The molecule has 4 rings (SSSR count). The molecule has 2 aromatic heterocycles. The molecule has 3 aromatic rings. The molecule has 0 aliphatic carbocycles. The van der Waals surface area contributed by atoms with Crippen molar-refractivity contribution < 1.29 is 18.7 Å². The summed E-state index contributed by atoms with van der Waals surface area (Å²) in [6.45, 7) is 1.24. The first kappa shape index (κ1) is 18.2. The Balaban J connectivity index is 1.55. The summed E-state index contributed by atoms with van der Waals surface area (Å²) >= 11 is 0. The fourth-order valence-corrected chi connectivity index (χ4v) is 3.71. The van der Waals surface area contributed by atoms with E-state index in [1.54, 1.807) is 32.8 Å². The molecule has 0 N–H and O–H groups in total. The Kier molecular flexibility index (Phi) is 5.06. The number of hydrogen-bond acceptors (Lipinski definition) is 5. The van der Waals surface area contributed by atoms with Gasteiger partial charge in [0, 0.05) is 30.6 Å². The van der Waals surface area contributed by atoms with Gasteiger partial charge in [-0.3, -0.25) is 4.79 Å². The molecule has 1 aliphatic heterocycles. The van der Waals surface area contributed by atoms with Crippen molar-refractivity contribution in [1.82, 2.24) is 14.5 Å². The molecule has 0 spiro atoms. The van der Waals surface area contributed by atoms with E-state index in [4.69, 9.17) is 13.9 Å². The molecule has 0 saturated carbocycles. The number of carbonyl (C=O) groups is 1. The van der Waals surface area contributed by atoms with Gasteiger partial charge in [-0.2, -0.15) is 0 Å². The molecule has 7 heteroatoms. The predicted molar refractivity (Wildman–Crippen MR) is 103 cm³/mol. The van der Waals surface area contributed by atoms with Crippen LogP contribution in [0.2, 0.25) is 0 Å². The van der Waals surface area contributed by atoms with Crippen molar-refractivity contribution in [2.24, 2.45) is 0 Å². The Labute approximate surface area is 163 Å². The topological polar surface area (TPSA) is 69.7 Å². The Bertz CT molecular complexity index is 948. The highest BCUT2D eigenvalue weighted by atomic mass is 16.5. The SMILES string of the molecule is COc1ccc([C@H]2CCCN2C(=O)c2ccc(Cn3ccnc3)o2)c(OC)c1. The first-order valence-electron chi connectivity index (χ1n) is 9.27. The lowest BCUT2D eigenvalue weighted by Gasteiger charge is -2.25. The Morgan fingerprint density at radius 2 is 2.14 bits per heavy atom. The highest BCUT2D eigenvalue weighted by molar-refractivity contribution is 5.92. The number of ether oxygens (including phenoxy) is 2. The van der Waals surface area contributed by atoms with Crippen LogP contribution < -0.4 is 9.47 Å². The molecule has 0 bridgehead atoms. The van der Waals surface area contributed by atoms with Crippen molar-refractivity contribution in [2.45, 2.75) is 25.4 Å². The quantitative estimate of drug-likeness (QED) is 0.653. The Hall–Kier alpha value is -3.22. The summed E-state index contributed by atoms with van der Waals surface area (Å²) in [5.74, 6) is 2.43. The van der Waals surface area contributed by atoms with Gasteiger partial charge in [-0.05, 0) is 37.1 Å². The van der Waals surface area contributed by atoms with Gasteiger partial charge in [0.1, 0.15) is 17.3 Å². The molecule has 28 heavy (non-hydrogen) atoms. The summed E-state index contributed by atoms with van der Waals surface area (Å²) < 4.78 is 18.5. The van der Waals surface area contributed by atoms with Crippen LogP contribution in [0.3, 0.4) is 0 Å². The molecule has 0 unspecified atom stereocenters. The van der Waals surface area contributed by atoms with Crippen molar-refractivity contribution >= 4 is 5.91 Å². The zero-order valence-corrected chi connectivity index (χ0v) is 16.0. The summed E-state index contributed by atoms with van der Waals surface area (Å²) in [6.07, 6.45) is 7.12. The second-order valence-corrected chi connectivity index (χ2v) is 6.77. The van der Waals surface area contributed by atoms with Crippen molar-refractivity contribution in [1.29, 1.82) is 0 Å². The summed E-state index contributed by atoms with van der Waals surface area (Å²) in [7, 11) is 3.26. The van der Waals surface area contributed by atoms with Crippen molar-refractivity contribution in [3.63, 3.8) is 0 Å². The van der Waals surface area contributed by atoms with Crippen LogP contribution >= 0.6 is 0 Å². The maximum Gasteiger partial charge on any atom is 0.290 e. The van der Waals surface area contributed by atoms with Gasteiger partial charge in [0.15, 0.2) is 5.76 Å². The molecule has 1 atom stereocenters. The number of nitrogens with zero attached hydrogens (tertiary/aromatic N) is 3. The molecule has 146 valence electrons. The molecule has 0 radical (unpaired) electrons. The van der Waals surface area contributed by atoms with Crippen molar-refractivity contribution in [3.8, 4) is 11.5 Å². The maximum atomic E-state index is 13.1. The van der Waals surface area contributed by atoms with E-state index in [9.17, 15) is 4.79 Å². The van der Waals surface area contributed by atoms with E-state index < -0.39 is 0 Å². The monoisotopic (exact) mass is 381 g/mol. The first-order chi connectivity index (χ1) is 13.7. The third kappa shape index (κ3) is 3.47. The number of amides is 1. The summed E-state index contributed by atoms with van der Waals surface area (Å²) in [5.41, 5.74) is 0.986. The largest absolute Gasteiger partial charge is 0.497 e. The van der Waals surface area contributed by atoms with Gasteiger partial charge in [-0.25, -0.2) is 4.98 Å². The molecule has 3 heterocycles. The van der Waals surface area contributed by atoms with Crippen LogP contribution in [0, 0.1) is 0 Å². The molecule has 1 fully saturated rings. The fourth-order valence-electron chi connectivity index (χ4n) is 3.71.